The van der Waals surface area contributed by atoms with E-state index < -0.39 is 23.3 Å². The molecule has 0 aliphatic heterocycles. The van der Waals surface area contributed by atoms with Crippen LogP contribution < -0.4 is 0 Å². The van der Waals surface area contributed by atoms with Crippen LogP contribution in [0.1, 0.15) is 49.1 Å². The van der Waals surface area contributed by atoms with Crippen LogP contribution in [0.2, 0.25) is 0 Å². The van der Waals surface area contributed by atoms with Gasteiger partial charge in [-0.1, -0.05) is 12.1 Å². The van der Waals surface area contributed by atoms with Gasteiger partial charge < -0.3 is 14.9 Å². The first-order chi connectivity index (χ1) is 11.0. The average Bonchev–Trinajstić information content (AvgIpc) is 2.52. The number of carbonyl (C=O) groups is 3. The van der Waals surface area contributed by atoms with E-state index in [-0.39, 0.29) is 40.2 Å². The minimum atomic E-state index is -0.701. The van der Waals surface area contributed by atoms with Gasteiger partial charge in [-0.15, -0.1) is 0 Å². The minimum Gasteiger partial charge on any atom is -0.507 e. The summed E-state index contributed by atoms with van der Waals surface area (Å²) in [5.41, 5.74) is -0.451. The normalized spacial score (nSPS) is 12.6. The van der Waals surface area contributed by atoms with E-state index in [4.69, 9.17) is 4.74 Å². The topological polar surface area (TPSA) is 101 Å². The van der Waals surface area contributed by atoms with Crippen LogP contribution in [0.3, 0.4) is 0 Å². The first kappa shape index (κ1) is 14.8. The Morgan fingerprint density at radius 1 is 1.00 bits per heavy atom. The SMILES string of the molecule is CCOC(=O)c1cc(O)c2c(c1)C(=O)c1cccc(O)c1C2=O. The van der Waals surface area contributed by atoms with Gasteiger partial charge in [-0.25, -0.2) is 4.79 Å². The molecule has 2 aromatic rings. The van der Waals surface area contributed by atoms with Crippen molar-refractivity contribution in [3.05, 3.63) is 58.1 Å². The first-order valence-electron chi connectivity index (χ1n) is 6.91. The molecule has 1 aliphatic rings. The summed E-state index contributed by atoms with van der Waals surface area (Å²) >= 11 is 0. The van der Waals surface area contributed by atoms with Gasteiger partial charge >= 0.3 is 5.97 Å². The second-order valence-electron chi connectivity index (χ2n) is 5.00. The lowest BCUT2D eigenvalue weighted by atomic mass is 9.82. The van der Waals surface area contributed by atoms with Crippen molar-refractivity contribution in [2.45, 2.75) is 6.92 Å². The Morgan fingerprint density at radius 3 is 2.39 bits per heavy atom. The Kier molecular flexibility index (Phi) is 3.37. The van der Waals surface area contributed by atoms with Crippen LogP contribution in [0.25, 0.3) is 0 Å². The number of hydrogen-bond acceptors (Lipinski definition) is 6. The summed E-state index contributed by atoms with van der Waals surface area (Å²) in [4.78, 5) is 36.9. The highest BCUT2D eigenvalue weighted by atomic mass is 16.5. The number of aromatic hydroxyl groups is 2. The zero-order chi connectivity index (χ0) is 16.7. The van der Waals surface area contributed by atoms with Crippen molar-refractivity contribution >= 4 is 17.5 Å². The molecule has 0 amide bonds. The number of carbonyl (C=O) groups excluding carboxylic acids is 3. The van der Waals surface area contributed by atoms with Gasteiger partial charge in [-0.3, -0.25) is 9.59 Å². The monoisotopic (exact) mass is 312 g/mol. The van der Waals surface area contributed by atoms with E-state index in [1.54, 1.807) is 6.92 Å². The molecular weight excluding hydrogens is 300 g/mol. The lowest BCUT2D eigenvalue weighted by Gasteiger charge is -2.19. The van der Waals surface area contributed by atoms with Gasteiger partial charge in [0.25, 0.3) is 0 Å². The molecule has 0 atom stereocenters. The Hall–Kier alpha value is -3.15. The second kappa shape index (κ2) is 5.24. The maximum atomic E-state index is 12.6. The predicted octanol–water partition coefficient (Wildman–Crippen LogP) is 2.05. The van der Waals surface area contributed by atoms with Gasteiger partial charge in [0.05, 0.1) is 23.3 Å². The molecule has 0 saturated carbocycles. The van der Waals surface area contributed by atoms with Gasteiger partial charge in [0, 0.05) is 11.1 Å². The van der Waals surface area contributed by atoms with Gasteiger partial charge in [-0.2, -0.15) is 0 Å². The lowest BCUT2D eigenvalue weighted by molar-refractivity contribution is 0.0525. The first-order valence-corrected chi connectivity index (χ1v) is 6.91. The predicted molar refractivity (Wildman–Crippen MR) is 79.0 cm³/mol. The number of rotatable bonds is 2. The van der Waals surface area contributed by atoms with Gasteiger partial charge in [0.15, 0.2) is 5.78 Å². The Morgan fingerprint density at radius 2 is 1.70 bits per heavy atom. The molecule has 0 heterocycles. The van der Waals surface area contributed by atoms with E-state index in [0.29, 0.717) is 0 Å². The van der Waals surface area contributed by atoms with Crippen molar-refractivity contribution in [1.82, 2.24) is 0 Å². The molecule has 0 spiro atoms. The van der Waals surface area contributed by atoms with E-state index >= 15 is 0 Å². The molecule has 0 fully saturated rings. The second-order valence-corrected chi connectivity index (χ2v) is 5.00. The number of hydrogen-bond donors (Lipinski definition) is 2. The molecule has 0 unspecified atom stereocenters. The lowest BCUT2D eigenvalue weighted by Crippen LogP contribution is -2.22. The van der Waals surface area contributed by atoms with Crippen molar-refractivity contribution in [3.63, 3.8) is 0 Å². The third kappa shape index (κ3) is 2.15. The molecule has 0 saturated heterocycles. The fraction of sp³-hybridized carbons (Fsp3) is 0.118. The highest BCUT2D eigenvalue weighted by molar-refractivity contribution is 6.30. The van der Waals surface area contributed by atoms with E-state index in [9.17, 15) is 24.6 Å². The van der Waals surface area contributed by atoms with Crippen molar-refractivity contribution in [3.8, 4) is 11.5 Å². The van der Waals surface area contributed by atoms with Crippen molar-refractivity contribution in [2.24, 2.45) is 0 Å². The molecule has 0 bridgehead atoms. The van der Waals surface area contributed by atoms with E-state index in [0.717, 1.165) is 6.07 Å². The molecule has 116 valence electrons. The Bertz CT molecular complexity index is 866. The highest BCUT2D eigenvalue weighted by Gasteiger charge is 2.35. The van der Waals surface area contributed by atoms with Crippen molar-refractivity contribution < 1.29 is 29.3 Å². The minimum absolute atomic E-state index is 0.0205. The Labute approximate surface area is 130 Å². The quantitative estimate of drug-likeness (QED) is 0.702. The van der Waals surface area contributed by atoms with Gasteiger partial charge in [-0.05, 0) is 25.1 Å². The van der Waals surface area contributed by atoms with Crippen LogP contribution in [0.4, 0.5) is 0 Å². The molecule has 2 aromatic carbocycles. The smallest absolute Gasteiger partial charge is 0.338 e. The van der Waals surface area contributed by atoms with Crippen molar-refractivity contribution in [2.75, 3.05) is 6.61 Å². The fourth-order valence-corrected chi connectivity index (χ4v) is 2.61. The largest absolute Gasteiger partial charge is 0.507 e. The van der Waals surface area contributed by atoms with Crippen LogP contribution in [0, 0.1) is 0 Å². The molecular formula is C17H12O6. The number of benzene rings is 2. The summed E-state index contributed by atoms with van der Waals surface area (Å²) in [7, 11) is 0. The van der Waals surface area contributed by atoms with E-state index in [1.807, 2.05) is 0 Å². The van der Waals surface area contributed by atoms with Crippen LogP contribution in [-0.2, 0) is 4.74 Å². The molecule has 0 radical (unpaired) electrons. The summed E-state index contributed by atoms with van der Waals surface area (Å²) in [6.45, 7) is 1.77. The average molecular weight is 312 g/mol. The standard InChI is InChI=1S/C17H12O6/c1-2-23-17(22)8-6-10-14(12(19)7-8)16(21)13-9(15(10)20)4-3-5-11(13)18/h3-7,18-19H,2H2,1H3. The Balaban J connectivity index is 2.23. The van der Waals surface area contributed by atoms with E-state index in [1.165, 1.54) is 24.3 Å². The van der Waals surface area contributed by atoms with Crippen LogP contribution in [0.15, 0.2) is 30.3 Å². The zero-order valence-corrected chi connectivity index (χ0v) is 12.1. The van der Waals surface area contributed by atoms with Crippen molar-refractivity contribution in [1.29, 1.82) is 0 Å². The maximum Gasteiger partial charge on any atom is 0.338 e. The number of phenols is 2. The van der Waals surface area contributed by atoms with Gasteiger partial charge in [0.2, 0.25) is 5.78 Å². The highest BCUT2D eigenvalue weighted by Crippen LogP contribution is 2.37. The van der Waals surface area contributed by atoms with Crippen LogP contribution in [0.5, 0.6) is 11.5 Å². The number of ether oxygens (including phenoxy) is 1. The number of phenolic OH excluding ortho intramolecular Hbond substituents is 2. The summed E-state index contributed by atoms with van der Waals surface area (Å²) in [6.07, 6.45) is 0. The molecule has 2 N–H and O–H groups in total. The summed E-state index contributed by atoms with van der Waals surface area (Å²) in [5, 5.41) is 19.9. The molecule has 6 nitrogen and oxygen atoms in total. The maximum absolute atomic E-state index is 12.6. The van der Waals surface area contributed by atoms with Crippen LogP contribution >= 0.6 is 0 Å². The third-order valence-corrected chi connectivity index (χ3v) is 3.61. The number of fused-ring (bicyclic) bond motifs is 2. The molecule has 23 heavy (non-hydrogen) atoms. The number of ketones is 2. The van der Waals surface area contributed by atoms with Gasteiger partial charge in [0.1, 0.15) is 11.5 Å². The zero-order valence-electron chi connectivity index (χ0n) is 12.1. The fourth-order valence-electron chi connectivity index (χ4n) is 2.61. The molecule has 6 heteroatoms. The third-order valence-electron chi connectivity index (χ3n) is 3.61. The molecule has 0 aromatic heterocycles. The van der Waals surface area contributed by atoms with Crippen LogP contribution in [-0.4, -0.2) is 34.4 Å². The molecule has 3 rings (SSSR count). The summed E-state index contributed by atoms with van der Waals surface area (Å²) < 4.78 is 4.84. The van der Waals surface area contributed by atoms with E-state index in [2.05, 4.69) is 0 Å². The number of esters is 1. The summed E-state index contributed by atoms with van der Waals surface area (Å²) in [6, 6.07) is 6.44. The summed E-state index contributed by atoms with van der Waals surface area (Å²) in [5.74, 6) is -2.75. The molecule has 1 aliphatic carbocycles.